The summed E-state index contributed by atoms with van der Waals surface area (Å²) in [4.78, 5) is 23.9. The second-order valence-corrected chi connectivity index (χ2v) is 5.84. The first-order chi connectivity index (χ1) is 10.4. The van der Waals surface area contributed by atoms with Crippen LogP contribution in [0.4, 0.5) is 17.1 Å². The summed E-state index contributed by atoms with van der Waals surface area (Å²) in [6.07, 6.45) is 0. The van der Waals surface area contributed by atoms with Gasteiger partial charge < -0.3 is 16.4 Å². The fourth-order valence-electron chi connectivity index (χ4n) is 1.88. The van der Waals surface area contributed by atoms with Gasteiger partial charge in [-0.3, -0.25) is 9.59 Å². The number of carbonyl (C=O) groups excluding carboxylic acids is 2. The van der Waals surface area contributed by atoms with E-state index in [1.165, 1.54) is 0 Å². The molecule has 5 nitrogen and oxygen atoms in total. The lowest BCUT2D eigenvalue weighted by Gasteiger charge is -2.10. The van der Waals surface area contributed by atoms with Crippen molar-refractivity contribution in [2.24, 2.45) is 0 Å². The van der Waals surface area contributed by atoms with Gasteiger partial charge in [-0.2, -0.15) is 0 Å². The summed E-state index contributed by atoms with van der Waals surface area (Å²) in [5.74, 6) is -1.53. The maximum absolute atomic E-state index is 11.9. The summed E-state index contributed by atoms with van der Waals surface area (Å²) < 4.78 is 0.712. The largest absolute Gasteiger partial charge is 0.397 e. The van der Waals surface area contributed by atoms with E-state index in [1.807, 2.05) is 26.0 Å². The average molecular weight is 362 g/mol. The molecular formula is C16H16BrN3O2. The molecule has 6 heteroatoms. The van der Waals surface area contributed by atoms with E-state index in [-0.39, 0.29) is 0 Å². The van der Waals surface area contributed by atoms with E-state index < -0.39 is 11.8 Å². The first-order valence-corrected chi connectivity index (χ1v) is 7.40. The Morgan fingerprint density at radius 3 is 1.95 bits per heavy atom. The number of hydrogen-bond donors (Lipinski definition) is 3. The number of nitrogen functional groups attached to an aromatic ring is 1. The Kier molecular flexibility index (Phi) is 4.82. The number of amides is 2. The van der Waals surface area contributed by atoms with Crippen LogP contribution in [-0.4, -0.2) is 11.8 Å². The number of rotatable bonds is 2. The highest BCUT2D eigenvalue weighted by atomic mass is 79.9. The molecule has 2 amide bonds. The molecule has 0 fully saturated rings. The van der Waals surface area contributed by atoms with Crippen molar-refractivity contribution in [3.05, 3.63) is 52.0 Å². The van der Waals surface area contributed by atoms with Gasteiger partial charge >= 0.3 is 11.8 Å². The van der Waals surface area contributed by atoms with E-state index in [0.29, 0.717) is 21.5 Å². The molecule has 2 aromatic carbocycles. The zero-order chi connectivity index (χ0) is 16.3. The Hall–Kier alpha value is -2.34. The van der Waals surface area contributed by atoms with Crippen molar-refractivity contribution in [1.29, 1.82) is 0 Å². The van der Waals surface area contributed by atoms with Gasteiger partial charge in [0.25, 0.3) is 0 Å². The van der Waals surface area contributed by atoms with Crippen molar-refractivity contribution in [2.45, 2.75) is 13.8 Å². The van der Waals surface area contributed by atoms with Crippen molar-refractivity contribution in [2.75, 3.05) is 16.4 Å². The summed E-state index contributed by atoms with van der Waals surface area (Å²) in [6.45, 7) is 3.83. The third-order valence-electron chi connectivity index (χ3n) is 3.03. The lowest BCUT2D eigenvalue weighted by molar-refractivity contribution is -0.132. The van der Waals surface area contributed by atoms with Crippen LogP contribution in [0.2, 0.25) is 0 Å². The van der Waals surface area contributed by atoms with E-state index in [2.05, 4.69) is 26.6 Å². The molecule has 0 heterocycles. The molecule has 22 heavy (non-hydrogen) atoms. The SMILES string of the molecule is Cc1ccc(NC(=O)C(=O)Nc2ccc(C)cc2Br)c(N)c1. The Labute approximate surface area is 137 Å². The first-order valence-electron chi connectivity index (χ1n) is 6.61. The number of nitrogens with two attached hydrogens (primary N) is 1. The van der Waals surface area contributed by atoms with E-state index in [1.54, 1.807) is 24.3 Å². The van der Waals surface area contributed by atoms with Gasteiger partial charge in [0.2, 0.25) is 0 Å². The molecule has 2 aromatic rings. The Balaban J connectivity index is 2.07. The van der Waals surface area contributed by atoms with Gasteiger partial charge in [0.15, 0.2) is 0 Å². The van der Waals surface area contributed by atoms with E-state index in [0.717, 1.165) is 11.1 Å². The van der Waals surface area contributed by atoms with Crippen molar-refractivity contribution in [3.8, 4) is 0 Å². The summed E-state index contributed by atoms with van der Waals surface area (Å²) in [6, 6.07) is 10.6. The van der Waals surface area contributed by atoms with Gasteiger partial charge in [-0.25, -0.2) is 0 Å². The van der Waals surface area contributed by atoms with E-state index in [4.69, 9.17) is 5.73 Å². The summed E-state index contributed by atoms with van der Waals surface area (Å²) >= 11 is 3.34. The van der Waals surface area contributed by atoms with Crippen LogP contribution >= 0.6 is 15.9 Å². The molecule has 0 unspecified atom stereocenters. The molecule has 0 aliphatic heterocycles. The van der Waals surface area contributed by atoms with Gasteiger partial charge in [-0.15, -0.1) is 0 Å². The van der Waals surface area contributed by atoms with Crippen molar-refractivity contribution < 1.29 is 9.59 Å². The molecule has 4 N–H and O–H groups in total. The van der Waals surface area contributed by atoms with Crippen LogP contribution in [-0.2, 0) is 9.59 Å². The molecule has 0 radical (unpaired) electrons. The fraction of sp³-hybridized carbons (Fsp3) is 0.125. The number of anilines is 3. The standard InChI is InChI=1S/C16H16BrN3O2/c1-9-3-5-13(11(17)7-9)19-15(21)16(22)20-14-6-4-10(2)8-12(14)18/h3-8H,18H2,1-2H3,(H,19,21)(H,20,22). The zero-order valence-electron chi connectivity index (χ0n) is 12.2. The first kappa shape index (κ1) is 16.0. The molecule has 0 aliphatic carbocycles. The van der Waals surface area contributed by atoms with Crippen molar-refractivity contribution in [1.82, 2.24) is 0 Å². The number of halogens is 1. The minimum absolute atomic E-state index is 0.411. The van der Waals surface area contributed by atoms with Gasteiger partial charge in [0.05, 0.1) is 17.1 Å². The van der Waals surface area contributed by atoms with Crippen LogP contribution in [0.25, 0.3) is 0 Å². The number of nitrogens with one attached hydrogen (secondary N) is 2. The van der Waals surface area contributed by atoms with Gasteiger partial charge in [0, 0.05) is 4.47 Å². The van der Waals surface area contributed by atoms with Gasteiger partial charge in [-0.05, 0) is 65.2 Å². The molecule has 2 rings (SSSR count). The number of aryl methyl sites for hydroxylation is 2. The predicted molar refractivity (Wildman–Crippen MR) is 91.7 cm³/mol. The van der Waals surface area contributed by atoms with Crippen LogP contribution in [0.15, 0.2) is 40.9 Å². The summed E-state index contributed by atoms with van der Waals surface area (Å²) in [5, 5.41) is 5.05. The number of benzene rings is 2. The van der Waals surface area contributed by atoms with E-state index in [9.17, 15) is 9.59 Å². The maximum atomic E-state index is 11.9. The lowest BCUT2D eigenvalue weighted by Crippen LogP contribution is -2.29. The van der Waals surface area contributed by atoms with Crippen molar-refractivity contribution >= 4 is 44.8 Å². The van der Waals surface area contributed by atoms with Crippen LogP contribution in [0, 0.1) is 13.8 Å². The smallest absolute Gasteiger partial charge is 0.314 e. The average Bonchev–Trinajstić information content (AvgIpc) is 2.44. The summed E-state index contributed by atoms with van der Waals surface area (Å²) in [7, 11) is 0. The number of carbonyl (C=O) groups is 2. The molecule has 0 saturated heterocycles. The monoisotopic (exact) mass is 361 g/mol. The van der Waals surface area contributed by atoms with Crippen molar-refractivity contribution in [3.63, 3.8) is 0 Å². The third kappa shape index (κ3) is 3.85. The molecule has 0 aliphatic rings. The number of hydrogen-bond acceptors (Lipinski definition) is 3. The van der Waals surface area contributed by atoms with Crippen LogP contribution in [0.5, 0.6) is 0 Å². The Bertz CT molecular complexity index is 681. The molecular weight excluding hydrogens is 346 g/mol. The highest BCUT2D eigenvalue weighted by molar-refractivity contribution is 9.10. The zero-order valence-corrected chi connectivity index (χ0v) is 13.8. The van der Waals surface area contributed by atoms with Crippen LogP contribution in [0.3, 0.4) is 0 Å². The molecule has 0 bridgehead atoms. The maximum Gasteiger partial charge on any atom is 0.314 e. The van der Waals surface area contributed by atoms with Gasteiger partial charge in [-0.1, -0.05) is 12.1 Å². The minimum atomic E-state index is -0.775. The molecule has 0 spiro atoms. The molecule has 114 valence electrons. The molecule has 0 aromatic heterocycles. The minimum Gasteiger partial charge on any atom is -0.397 e. The second kappa shape index (κ2) is 6.62. The third-order valence-corrected chi connectivity index (χ3v) is 3.69. The fourth-order valence-corrected chi connectivity index (χ4v) is 2.47. The topological polar surface area (TPSA) is 84.2 Å². The van der Waals surface area contributed by atoms with Crippen LogP contribution < -0.4 is 16.4 Å². The normalized spacial score (nSPS) is 10.1. The highest BCUT2D eigenvalue weighted by Gasteiger charge is 2.16. The second-order valence-electron chi connectivity index (χ2n) is 4.98. The van der Waals surface area contributed by atoms with E-state index >= 15 is 0 Å². The predicted octanol–water partition coefficient (Wildman–Crippen LogP) is 3.23. The lowest BCUT2D eigenvalue weighted by atomic mass is 10.2. The Morgan fingerprint density at radius 1 is 0.909 bits per heavy atom. The quantitative estimate of drug-likeness (QED) is 0.567. The van der Waals surface area contributed by atoms with Gasteiger partial charge in [0.1, 0.15) is 0 Å². The highest BCUT2D eigenvalue weighted by Crippen LogP contribution is 2.23. The molecule has 0 atom stereocenters. The summed E-state index contributed by atoms with van der Waals surface area (Å²) in [5.41, 5.74) is 9.18. The Morgan fingerprint density at radius 2 is 1.41 bits per heavy atom. The molecule has 0 saturated carbocycles. The van der Waals surface area contributed by atoms with Crippen LogP contribution in [0.1, 0.15) is 11.1 Å².